The molecule has 434 valence electrons. The fourth-order valence-corrected chi connectivity index (χ4v) is 9.78. The molecule has 11 heteroatoms. The molecular weight excluding hydrogens is 931 g/mol. The van der Waals surface area contributed by atoms with Crippen LogP contribution in [0.15, 0.2) is 48.6 Å². The van der Waals surface area contributed by atoms with E-state index in [1.165, 1.54) is 180 Å². The summed E-state index contributed by atoms with van der Waals surface area (Å²) in [5, 5.41) is 76.2. The maximum atomic E-state index is 13.2. The lowest BCUT2D eigenvalue weighted by Crippen LogP contribution is -2.60. The Morgan fingerprint density at radius 1 is 0.473 bits per heavy atom. The number of allylic oxidation sites excluding steroid dienone is 8. The van der Waals surface area contributed by atoms with Crippen LogP contribution in [0.25, 0.3) is 0 Å². The quantitative estimate of drug-likeness (QED) is 0.0215. The third kappa shape index (κ3) is 39.4. The topological polar surface area (TPSA) is 189 Å². The molecule has 1 heterocycles. The number of aliphatic hydroxyl groups is 7. The normalized spacial score (nSPS) is 20.1. The van der Waals surface area contributed by atoms with Gasteiger partial charge in [-0.2, -0.15) is 0 Å². The molecular formula is C63H117NO10. The number of aliphatic hydroxyl groups excluding tert-OH is 7. The molecule has 1 amide bonds. The first-order valence-corrected chi connectivity index (χ1v) is 31.0. The van der Waals surface area contributed by atoms with Crippen LogP contribution in [0, 0.1) is 0 Å². The van der Waals surface area contributed by atoms with Crippen molar-refractivity contribution in [3.63, 3.8) is 0 Å². The molecule has 0 radical (unpaired) electrons. The standard InChI is InChI=1S/C63H117NO10/c1-3-5-7-9-11-13-15-17-19-21-23-25-26-27-28-29-31-33-35-37-39-41-43-45-47-49-51-56(67)62(72)64-54(53-73-63-61(71)60(70)59(69)57(52-65)74-63)58(68)55(66)50-48-46-44-42-40-38-36-34-32-30-24-22-20-18-16-14-12-10-8-6-4-2/h23,25,27-28,34,36,42,44,54-61,63,65-71H,3-22,24,26,29-33,35,37-41,43,45-53H2,1-2H3,(H,64,72)/b25-23-,28-27-,36-34+,44-42+. The van der Waals surface area contributed by atoms with E-state index in [1.54, 1.807) is 0 Å². The van der Waals surface area contributed by atoms with Gasteiger partial charge in [-0.05, 0) is 83.5 Å². The first kappa shape index (κ1) is 70.1. The first-order valence-electron chi connectivity index (χ1n) is 31.0. The number of amides is 1. The predicted molar refractivity (Wildman–Crippen MR) is 307 cm³/mol. The molecule has 0 bridgehead atoms. The van der Waals surface area contributed by atoms with Crippen LogP contribution in [-0.4, -0.2) is 110 Å². The second-order valence-corrected chi connectivity index (χ2v) is 21.8. The van der Waals surface area contributed by atoms with Gasteiger partial charge in [0.15, 0.2) is 6.29 Å². The monoisotopic (exact) mass is 1050 g/mol. The summed E-state index contributed by atoms with van der Waals surface area (Å²) in [6, 6.07) is -1.19. The minimum atomic E-state index is -1.67. The number of hydrogen-bond acceptors (Lipinski definition) is 10. The van der Waals surface area contributed by atoms with Gasteiger partial charge in [0.05, 0.1) is 25.4 Å². The van der Waals surface area contributed by atoms with Gasteiger partial charge >= 0.3 is 0 Å². The molecule has 0 aliphatic carbocycles. The maximum absolute atomic E-state index is 13.2. The van der Waals surface area contributed by atoms with E-state index in [1.807, 2.05) is 0 Å². The van der Waals surface area contributed by atoms with Crippen LogP contribution in [-0.2, 0) is 14.3 Å². The molecule has 11 nitrogen and oxygen atoms in total. The van der Waals surface area contributed by atoms with E-state index in [2.05, 4.69) is 67.8 Å². The van der Waals surface area contributed by atoms with E-state index in [0.29, 0.717) is 19.3 Å². The highest BCUT2D eigenvalue weighted by Gasteiger charge is 2.44. The average Bonchev–Trinajstić information content (AvgIpc) is 3.40. The Morgan fingerprint density at radius 3 is 1.28 bits per heavy atom. The van der Waals surface area contributed by atoms with Gasteiger partial charge < -0.3 is 50.5 Å². The lowest BCUT2D eigenvalue weighted by Gasteiger charge is -2.40. The number of hydrogen-bond donors (Lipinski definition) is 8. The Hall–Kier alpha value is -1.93. The van der Waals surface area contributed by atoms with Gasteiger partial charge in [-0.1, -0.05) is 242 Å². The van der Waals surface area contributed by atoms with E-state index < -0.39 is 74.2 Å². The van der Waals surface area contributed by atoms with E-state index in [4.69, 9.17) is 9.47 Å². The molecule has 0 spiro atoms. The van der Waals surface area contributed by atoms with Crippen molar-refractivity contribution in [3.05, 3.63) is 48.6 Å². The van der Waals surface area contributed by atoms with E-state index in [0.717, 1.165) is 51.4 Å². The summed E-state index contributed by atoms with van der Waals surface area (Å²) in [5.41, 5.74) is 0. The summed E-state index contributed by atoms with van der Waals surface area (Å²) >= 11 is 0. The molecule has 0 saturated carbocycles. The van der Waals surface area contributed by atoms with Crippen molar-refractivity contribution in [2.24, 2.45) is 0 Å². The Balaban J connectivity index is 2.31. The zero-order valence-electron chi connectivity index (χ0n) is 47.6. The minimum absolute atomic E-state index is 0.245. The first-order chi connectivity index (χ1) is 36.2. The number of carbonyl (C=O) groups is 1. The number of rotatable bonds is 53. The third-order valence-electron chi connectivity index (χ3n) is 14.8. The van der Waals surface area contributed by atoms with Crippen molar-refractivity contribution in [2.45, 2.75) is 332 Å². The molecule has 1 rings (SSSR count). The molecule has 9 atom stereocenters. The molecule has 74 heavy (non-hydrogen) atoms. The Labute approximate surface area is 453 Å². The van der Waals surface area contributed by atoms with Gasteiger partial charge in [0.2, 0.25) is 5.91 Å². The van der Waals surface area contributed by atoms with Gasteiger partial charge in [-0.25, -0.2) is 0 Å². The summed E-state index contributed by atoms with van der Waals surface area (Å²) in [5.74, 6) is -0.711. The number of nitrogens with one attached hydrogen (secondary N) is 1. The molecule has 1 fully saturated rings. The fourth-order valence-electron chi connectivity index (χ4n) is 9.78. The van der Waals surface area contributed by atoms with Crippen LogP contribution in [0.2, 0.25) is 0 Å². The summed E-state index contributed by atoms with van der Waals surface area (Å²) < 4.78 is 11.1. The van der Waals surface area contributed by atoms with Crippen LogP contribution >= 0.6 is 0 Å². The second-order valence-electron chi connectivity index (χ2n) is 21.8. The van der Waals surface area contributed by atoms with E-state index in [-0.39, 0.29) is 12.8 Å². The van der Waals surface area contributed by atoms with Crippen molar-refractivity contribution in [3.8, 4) is 0 Å². The van der Waals surface area contributed by atoms with E-state index >= 15 is 0 Å². The van der Waals surface area contributed by atoms with Crippen molar-refractivity contribution in [2.75, 3.05) is 13.2 Å². The third-order valence-corrected chi connectivity index (χ3v) is 14.8. The van der Waals surface area contributed by atoms with E-state index in [9.17, 15) is 40.5 Å². The van der Waals surface area contributed by atoms with Crippen molar-refractivity contribution in [1.29, 1.82) is 0 Å². The SMILES string of the molecule is CCCCCCCCCCC/C=C\C/C=C\CCCCCCCCCCCCC(O)C(=O)NC(COC1OC(CO)C(O)C(O)C1O)C(O)C(O)CCC/C=C/CC/C=C/CCCCCCCCCCCCCC. The lowest BCUT2D eigenvalue weighted by atomic mass is 9.98. The second kappa shape index (κ2) is 51.8. The molecule has 8 N–H and O–H groups in total. The predicted octanol–water partition coefficient (Wildman–Crippen LogP) is 13.6. The highest BCUT2D eigenvalue weighted by atomic mass is 16.7. The lowest BCUT2D eigenvalue weighted by molar-refractivity contribution is -0.303. The van der Waals surface area contributed by atoms with Crippen LogP contribution in [0.4, 0.5) is 0 Å². The number of ether oxygens (including phenoxy) is 2. The van der Waals surface area contributed by atoms with Gasteiger partial charge in [0.25, 0.3) is 0 Å². The van der Waals surface area contributed by atoms with Crippen LogP contribution in [0.5, 0.6) is 0 Å². The highest BCUT2D eigenvalue weighted by Crippen LogP contribution is 2.23. The summed E-state index contributed by atoms with van der Waals surface area (Å²) in [6.45, 7) is 3.46. The molecule has 1 aliphatic rings. The Morgan fingerprint density at radius 2 is 0.851 bits per heavy atom. The van der Waals surface area contributed by atoms with Crippen molar-refractivity contribution >= 4 is 5.91 Å². The zero-order chi connectivity index (χ0) is 54.0. The van der Waals surface area contributed by atoms with Crippen LogP contribution < -0.4 is 5.32 Å². The number of carbonyl (C=O) groups excluding carboxylic acids is 1. The summed E-state index contributed by atoms with van der Waals surface area (Å²) in [4.78, 5) is 13.2. The van der Waals surface area contributed by atoms with Gasteiger partial charge in [0, 0.05) is 0 Å². The molecule has 1 saturated heterocycles. The summed E-state index contributed by atoms with van der Waals surface area (Å²) in [6.07, 6.45) is 54.5. The zero-order valence-corrected chi connectivity index (χ0v) is 47.6. The number of unbranched alkanes of at least 4 members (excludes halogenated alkanes) is 33. The minimum Gasteiger partial charge on any atom is -0.394 e. The Bertz CT molecular complexity index is 1340. The molecule has 9 unspecified atom stereocenters. The van der Waals surface area contributed by atoms with Crippen molar-refractivity contribution in [1.82, 2.24) is 5.32 Å². The molecule has 0 aromatic heterocycles. The smallest absolute Gasteiger partial charge is 0.249 e. The Kier molecular flexibility index (Phi) is 49.1. The largest absolute Gasteiger partial charge is 0.394 e. The maximum Gasteiger partial charge on any atom is 0.249 e. The van der Waals surface area contributed by atoms with Gasteiger partial charge in [0.1, 0.15) is 36.6 Å². The van der Waals surface area contributed by atoms with Gasteiger partial charge in [-0.3, -0.25) is 4.79 Å². The molecule has 0 aromatic rings. The van der Waals surface area contributed by atoms with Crippen LogP contribution in [0.1, 0.15) is 277 Å². The van der Waals surface area contributed by atoms with Crippen molar-refractivity contribution < 1.29 is 50.0 Å². The van der Waals surface area contributed by atoms with Crippen LogP contribution in [0.3, 0.4) is 0 Å². The van der Waals surface area contributed by atoms with Gasteiger partial charge in [-0.15, -0.1) is 0 Å². The molecule has 1 aliphatic heterocycles. The summed E-state index contributed by atoms with van der Waals surface area (Å²) in [7, 11) is 0. The molecule has 0 aromatic carbocycles. The highest BCUT2D eigenvalue weighted by molar-refractivity contribution is 5.80. The average molecular weight is 1050 g/mol. The fraction of sp³-hybridized carbons (Fsp3) is 0.857.